The number of fused-ring (bicyclic) bond motifs is 8. The van der Waals surface area contributed by atoms with E-state index in [0.717, 1.165) is 24.3 Å². The van der Waals surface area contributed by atoms with Gasteiger partial charge in [0.25, 0.3) is 5.91 Å². The van der Waals surface area contributed by atoms with Crippen molar-refractivity contribution >= 4 is 52.3 Å². The molecule has 6 nitrogen and oxygen atoms in total. The maximum atomic E-state index is 14.0. The second-order valence-corrected chi connectivity index (χ2v) is 7.71. The first-order valence-electron chi connectivity index (χ1n) is 9.99. The molecule has 0 saturated carbocycles. The van der Waals surface area contributed by atoms with E-state index >= 15 is 0 Å². The summed E-state index contributed by atoms with van der Waals surface area (Å²) in [6.07, 6.45) is -5.02. The first-order valence-corrected chi connectivity index (χ1v) is 9.99. The SMILES string of the molecule is NC(=O)c1c2nc(c(C(F)(F)F)c3nc(cc4ccc([nH]4)c(C(F)(F)F)c4ccc1[nH]4)C=C3)C=C2. The molecule has 3 aromatic rings. The molecule has 1 amide bonds. The van der Waals surface area contributed by atoms with E-state index < -0.39 is 40.8 Å². The Morgan fingerprint density at radius 1 is 0.714 bits per heavy atom. The zero-order chi connectivity index (χ0) is 25.1. The molecule has 0 unspecified atom stereocenters. The number of aromatic amines is 2. The van der Waals surface area contributed by atoms with E-state index in [1.54, 1.807) is 0 Å². The number of halogens is 6. The number of aromatic nitrogens is 4. The molecule has 2 aliphatic heterocycles. The van der Waals surface area contributed by atoms with Gasteiger partial charge >= 0.3 is 12.4 Å². The first kappa shape index (κ1) is 22.4. The highest BCUT2D eigenvalue weighted by molar-refractivity contribution is 6.04. The van der Waals surface area contributed by atoms with E-state index in [0.29, 0.717) is 0 Å². The number of carbonyl (C=O) groups excluding carboxylic acids is 1. The largest absolute Gasteiger partial charge is 0.420 e. The molecule has 0 aromatic carbocycles. The van der Waals surface area contributed by atoms with Gasteiger partial charge in [0.05, 0.1) is 44.9 Å². The summed E-state index contributed by atoms with van der Waals surface area (Å²) in [6, 6.07) is 6.14. The first-order chi connectivity index (χ1) is 16.4. The van der Waals surface area contributed by atoms with E-state index in [4.69, 9.17) is 5.73 Å². The lowest BCUT2D eigenvalue weighted by molar-refractivity contribution is -0.138. The Kier molecular flexibility index (Phi) is 4.86. The molecule has 3 aromatic heterocycles. The summed E-state index contributed by atoms with van der Waals surface area (Å²) in [5.41, 5.74) is 1.19. The minimum Gasteiger partial charge on any atom is -0.365 e. The van der Waals surface area contributed by atoms with Crippen LogP contribution in [0.4, 0.5) is 26.3 Å². The number of hydrogen-bond acceptors (Lipinski definition) is 3. The molecular weight excluding hydrogens is 476 g/mol. The van der Waals surface area contributed by atoms with Crippen molar-refractivity contribution in [3.8, 4) is 0 Å². The zero-order valence-corrected chi connectivity index (χ0v) is 17.3. The molecule has 5 rings (SSSR count). The van der Waals surface area contributed by atoms with Crippen LogP contribution in [0.3, 0.4) is 0 Å². The van der Waals surface area contributed by atoms with Crippen LogP contribution < -0.4 is 5.73 Å². The fourth-order valence-electron chi connectivity index (χ4n) is 4.00. The smallest absolute Gasteiger partial charge is 0.365 e. The molecule has 0 saturated heterocycles. The van der Waals surface area contributed by atoms with E-state index in [2.05, 4.69) is 19.9 Å². The van der Waals surface area contributed by atoms with Crippen molar-refractivity contribution in [3.63, 3.8) is 0 Å². The molecule has 0 aliphatic carbocycles. The van der Waals surface area contributed by atoms with Crippen LogP contribution in [0, 0.1) is 0 Å². The van der Waals surface area contributed by atoms with Gasteiger partial charge < -0.3 is 15.7 Å². The normalized spacial score (nSPS) is 13.4. The molecule has 35 heavy (non-hydrogen) atoms. The highest BCUT2D eigenvalue weighted by Gasteiger charge is 2.38. The third-order valence-electron chi connectivity index (χ3n) is 5.39. The van der Waals surface area contributed by atoms with Gasteiger partial charge in [-0.25, -0.2) is 9.97 Å². The number of nitrogens with one attached hydrogen (secondary N) is 2. The fraction of sp³-hybridized carbons (Fsp3) is 0.0870. The number of amides is 1. The minimum absolute atomic E-state index is 0.0918. The van der Waals surface area contributed by atoms with Gasteiger partial charge in [0, 0.05) is 5.52 Å². The van der Waals surface area contributed by atoms with E-state index in [1.807, 2.05) is 0 Å². The number of carbonyl (C=O) groups is 1. The van der Waals surface area contributed by atoms with Crippen molar-refractivity contribution in [1.29, 1.82) is 0 Å². The molecule has 12 heteroatoms. The zero-order valence-electron chi connectivity index (χ0n) is 17.3. The van der Waals surface area contributed by atoms with Crippen molar-refractivity contribution in [1.82, 2.24) is 19.9 Å². The molecule has 4 N–H and O–H groups in total. The van der Waals surface area contributed by atoms with Gasteiger partial charge in [-0.2, -0.15) is 26.3 Å². The maximum Gasteiger partial charge on any atom is 0.420 e. The lowest BCUT2D eigenvalue weighted by Crippen LogP contribution is -2.13. The number of primary amides is 1. The Balaban J connectivity index is 2.01. The lowest BCUT2D eigenvalue weighted by Gasteiger charge is -2.08. The summed E-state index contributed by atoms with van der Waals surface area (Å²) in [4.78, 5) is 25.3. The second kappa shape index (κ2) is 7.58. The molecule has 2 aliphatic rings. The molecule has 0 spiro atoms. The summed E-state index contributed by atoms with van der Waals surface area (Å²) in [7, 11) is 0. The lowest BCUT2D eigenvalue weighted by atomic mass is 10.1. The Morgan fingerprint density at radius 3 is 1.97 bits per heavy atom. The molecule has 5 heterocycles. The summed E-state index contributed by atoms with van der Waals surface area (Å²) in [5, 5.41) is 0. The third-order valence-corrected chi connectivity index (χ3v) is 5.39. The summed E-state index contributed by atoms with van der Waals surface area (Å²) in [5.74, 6) is -1.09. The van der Waals surface area contributed by atoms with Crippen LogP contribution in [0.1, 0.15) is 44.3 Å². The van der Waals surface area contributed by atoms with Gasteiger partial charge in [-0.05, 0) is 54.6 Å². The quantitative estimate of drug-likeness (QED) is 0.260. The van der Waals surface area contributed by atoms with Crippen LogP contribution in [-0.4, -0.2) is 25.8 Å². The van der Waals surface area contributed by atoms with Crippen LogP contribution in [0.25, 0.3) is 46.4 Å². The van der Waals surface area contributed by atoms with Crippen LogP contribution in [0.2, 0.25) is 0 Å². The number of nitrogens with zero attached hydrogens (tertiary/aromatic N) is 2. The molecule has 0 fully saturated rings. The number of alkyl halides is 6. The Bertz CT molecular complexity index is 1600. The predicted molar refractivity (Wildman–Crippen MR) is 117 cm³/mol. The van der Waals surface area contributed by atoms with E-state index in [9.17, 15) is 31.1 Å². The van der Waals surface area contributed by atoms with E-state index in [1.165, 1.54) is 30.3 Å². The summed E-state index contributed by atoms with van der Waals surface area (Å²) >= 11 is 0. The maximum absolute atomic E-state index is 14.0. The van der Waals surface area contributed by atoms with Crippen molar-refractivity contribution in [2.45, 2.75) is 12.4 Å². The summed E-state index contributed by atoms with van der Waals surface area (Å²) in [6.45, 7) is 0. The highest BCUT2D eigenvalue weighted by atomic mass is 19.4. The molecular formula is C23H13F6N5O. The van der Waals surface area contributed by atoms with Crippen LogP contribution in [0.5, 0.6) is 0 Å². The number of rotatable bonds is 1. The predicted octanol–water partition coefficient (Wildman–Crippen LogP) is 5.79. The van der Waals surface area contributed by atoms with Crippen molar-refractivity contribution in [3.05, 3.63) is 69.8 Å². The van der Waals surface area contributed by atoms with Gasteiger partial charge in [0.15, 0.2) is 0 Å². The minimum atomic E-state index is -4.84. The van der Waals surface area contributed by atoms with E-state index in [-0.39, 0.29) is 39.0 Å². The van der Waals surface area contributed by atoms with Crippen LogP contribution in [0.15, 0.2) is 30.3 Å². The molecule has 178 valence electrons. The van der Waals surface area contributed by atoms with Gasteiger partial charge in [0.2, 0.25) is 0 Å². The molecule has 0 radical (unpaired) electrons. The standard InChI is InChI=1S/C23H13F6N5O/c24-22(25,26)19-14-3-1-10(31-14)9-11-2-4-15(32-11)20(23(27,28)29)17-8-6-13(34-17)18(21(30)35)12-5-7-16(19)33-12/h1-9,31,33H,(H2,30,35). The Hall–Kier alpha value is -4.35. The average Bonchev–Trinajstić information content (AvgIpc) is 3.50. The van der Waals surface area contributed by atoms with Gasteiger partial charge in [-0.3, -0.25) is 4.79 Å². The second-order valence-electron chi connectivity index (χ2n) is 7.71. The van der Waals surface area contributed by atoms with Crippen LogP contribution >= 0.6 is 0 Å². The average molecular weight is 489 g/mol. The topological polar surface area (TPSA) is 100 Å². The molecule has 0 atom stereocenters. The third kappa shape index (κ3) is 3.96. The fourth-order valence-corrected chi connectivity index (χ4v) is 4.00. The van der Waals surface area contributed by atoms with Gasteiger partial charge in [-0.1, -0.05) is 0 Å². The highest BCUT2D eigenvalue weighted by Crippen LogP contribution is 2.38. The van der Waals surface area contributed by atoms with Crippen molar-refractivity contribution in [2.75, 3.05) is 0 Å². The van der Waals surface area contributed by atoms with Crippen molar-refractivity contribution in [2.24, 2.45) is 5.73 Å². The monoisotopic (exact) mass is 489 g/mol. The van der Waals surface area contributed by atoms with Gasteiger partial charge in [0.1, 0.15) is 11.1 Å². The van der Waals surface area contributed by atoms with Crippen molar-refractivity contribution < 1.29 is 31.1 Å². The number of hydrogen-bond donors (Lipinski definition) is 3. The van der Waals surface area contributed by atoms with Crippen LogP contribution in [-0.2, 0) is 12.4 Å². The molecule has 8 bridgehead atoms. The number of H-pyrrole nitrogens is 2. The summed E-state index contributed by atoms with van der Waals surface area (Å²) < 4.78 is 84.0. The number of nitrogens with two attached hydrogens (primary N) is 1. The Morgan fingerprint density at radius 2 is 1.29 bits per heavy atom. The van der Waals surface area contributed by atoms with Gasteiger partial charge in [-0.15, -0.1) is 0 Å². The Labute approximate surface area is 191 Å².